The number of aryl methyl sites for hydroxylation is 1. The van der Waals surface area contributed by atoms with Crippen LogP contribution in [0.4, 0.5) is 0 Å². The summed E-state index contributed by atoms with van der Waals surface area (Å²) in [7, 11) is 0. The highest BCUT2D eigenvalue weighted by molar-refractivity contribution is 7.14. The van der Waals surface area contributed by atoms with Gasteiger partial charge in [0.2, 0.25) is 0 Å². The quantitative estimate of drug-likeness (QED) is 0.637. The second kappa shape index (κ2) is 3.89. The van der Waals surface area contributed by atoms with Gasteiger partial charge in [-0.05, 0) is 12.8 Å². The van der Waals surface area contributed by atoms with Crippen molar-refractivity contribution in [2.45, 2.75) is 6.92 Å². The third kappa shape index (κ3) is 2.31. The van der Waals surface area contributed by atoms with Crippen molar-refractivity contribution in [1.29, 1.82) is 0 Å². The molecule has 3 N–H and O–H groups in total. The highest BCUT2D eigenvalue weighted by Gasteiger charge is 2.12. The lowest BCUT2D eigenvalue weighted by Crippen LogP contribution is -2.06. The van der Waals surface area contributed by atoms with E-state index in [0.717, 1.165) is 11.3 Å². The summed E-state index contributed by atoms with van der Waals surface area (Å²) < 4.78 is 0. The number of carboxylic acid groups (broad SMARTS) is 1. The van der Waals surface area contributed by atoms with Crippen LogP contribution >= 0.6 is 11.3 Å². The molecule has 0 radical (unpaired) electrons. The highest BCUT2D eigenvalue weighted by Crippen LogP contribution is 2.16. The predicted molar refractivity (Wildman–Crippen MR) is 49.9 cm³/mol. The summed E-state index contributed by atoms with van der Waals surface area (Å²) in [6, 6.07) is 0. The molecule has 1 aromatic rings. The molecule has 14 heavy (non-hydrogen) atoms. The van der Waals surface area contributed by atoms with Gasteiger partial charge in [-0.2, -0.15) is 0 Å². The van der Waals surface area contributed by atoms with Crippen LogP contribution in [0.25, 0.3) is 0 Å². The van der Waals surface area contributed by atoms with Crippen molar-refractivity contribution in [2.75, 3.05) is 0 Å². The number of carbonyl (C=O) groups excluding carboxylic acids is 1. The van der Waals surface area contributed by atoms with Gasteiger partial charge in [0.25, 0.3) is 5.91 Å². The van der Waals surface area contributed by atoms with Crippen LogP contribution in [-0.4, -0.2) is 22.0 Å². The van der Waals surface area contributed by atoms with Gasteiger partial charge in [-0.3, -0.25) is 4.79 Å². The van der Waals surface area contributed by atoms with Crippen molar-refractivity contribution < 1.29 is 14.7 Å². The molecule has 1 rings (SSSR count). The molecule has 1 heterocycles. The molecule has 0 aromatic carbocycles. The summed E-state index contributed by atoms with van der Waals surface area (Å²) in [4.78, 5) is 24.9. The van der Waals surface area contributed by atoms with E-state index in [1.54, 1.807) is 6.92 Å². The van der Waals surface area contributed by atoms with Crippen LogP contribution < -0.4 is 5.73 Å². The molecule has 5 nitrogen and oxygen atoms in total. The molecule has 6 heteroatoms. The van der Waals surface area contributed by atoms with Gasteiger partial charge in [-0.15, -0.1) is 0 Å². The fourth-order valence-corrected chi connectivity index (χ4v) is 1.52. The number of rotatable bonds is 1. The summed E-state index contributed by atoms with van der Waals surface area (Å²) in [5.41, 5.74) is 5.18. The molecular formula is C8H6N2O3S. The molecule has 0 atom stereocenters. The fraction of sp³-hybridized carbons (Fsp3) is 0.125. The lowest BCUT2D eigenvalue weighted by atomic mass is 10.4. The molecule has 0 spiro atoms. The number of aromatic carboxylic acids is 1. The number of thiazole rings is 1. The van der Waals surface area contributed by atoms with Crippen molar-refractivity contribution in [3.8, 4) is 11.8 Å². The monoisotopic (exact) mass is 210 g/mol. The van der Waals surface area contributed by atoms with Crippen LogP contribution in [0.1, 0.15) is 20.4 Å². The van der Waals surface area contributed by atoms with E-state index >= 15 is 0 Å². The van der Waals surface area contributed by atoms with Gasteiger partial charge in [0.05, 0.1) is 5.69 Å². The molecule has 0 aliphatic carbocycles. The third-order valence-corrected chi connectivity index (χ3v) is 2.34. The fourth-order valence-electron chi connectivity index (χ4n) is 0.763. The van der Waals surface area contributed by atoms with Crippen LogP contribution in [0.2, 0.25) is 0 Å². The van der Waals surface area contributed by atoms with Crippen molar-refractivity contribution in [2.24, 2.45) is 5.73 Å². The highest BCUT2D eigenvalue weighted by atomic mass is 32.1. The van der Waals surface area contributed by atoms with E-state index in [9.17, 15) is 9.59 Å². The first kappa shape index (κ1) is 10.2. The average Bonchev–Trinajstić information content (AvgIpc) is 2.43. The number of aromatic nitrogens is 1. The van der Waals surface area contributed by atoms with Crippen molar-refractivity contribution in [3.05, 3.63) is 15.6 Å². The number of nitrogens with two attached hydrogens (primary N) is 1. The van der Waals surface area contributed by atoms with E-state index in [4.69, 9.17) is 10.8 Å². The predicted octanol–water partition coefficient (Wildman–Crippen LogP) is -0.0135. The van der Waals surface area contributed by atoms with Gasteiger partial charge < -0.3 is 10.8 Å². The second-order valence-corrected chi connectivity index (χ2v) is 3.35. The maximum atomic E-state index is 10.6. The Morgan fingerprint density at radius 2 is 2.21 bits per heavy atom. The summed E-state index contributed by atoms with van der Waals surface area (Å²) in [6.45, 7) is 1.56. The Labute approximate surface area is 83.6 Å². The van der Waals surface area contributed by atoms with Gasteiger partial charge >= 0.3 is 5.97 Å². The summed E-state index contributed by atoms with van der Waals surface area (Å²) in [5.74, 6) is 2.65. The molecule has 0 bridgehead atoms. The minimum Gasteiger partial charge on any atom is -0.477 e. The zero-order valence-corrected chi connectivity index (χ0v) is 8.01. The maximum absolute atomic E-state index is 10.6. The molecular weight excluding hydrogens is 204 g/mol. The normalized spacial score (nSPS) is 8.93. The van der Waals surface area contributed by atoms with E-state index in [1.807, 2.05) is 0 Å². The first-order valence-corrected chi connectivity index (χ1v) is 4.34. The molecule has 0 fully saturated rings. The Hall–Kier alpha value is -1.87. The molecule has 1 amide bonds. The van der Waals surface area contributed by atoms with E-state index in [2.05, 4.69) is 16.8 Å². The standard InChI is InChI=1S/C8H6N2O3S/c1-4-7(8(12)13)14-6(10-4)3-2-5(9)11/h1H3,(H2,9,11)(H,12,13). The van der Waals surface area contributed by atoms with Gasteiger partial charge in [-0.1, -0.05) is 11.3 Å². The Balaban J connectivity index is 3.05. The second-order valence-electron chi connectivity index (χ2n) is 2.35. The first-order chi connectivity index (χ1) is 6.50. The number of primary amides is 1. The molecule has 0 saturated heterocycles. The van der Waals surface area contributed by atoms with Crippen LogP contribution in [0.15, 0.2) is 0 Å². The largest absolute Gasteiger partial charge is 0.477 e. The van der Waals surface area contributed by atoms with Crippen molar-refractivity contribution in [1.82, 2.24) is 4.98 Å². The van der Waals surface area contributed by atoms with Gasteiger partial charge in [0.15, 0.2) is 5.01 Å². The maximum Gasteiger partial charge on any atom is 0.347 e. The molecule has 72 valence electrons. The molecule has 0 unspecified atom stereocenters. The van der Waals surface area contributed by atoms with E-state index in [1.165, 1.54) is 0 Å². The summed E-state index contributed by atoms with van der Waals surface area (Å²) in [6.07, 6.45) is 0. The van der Waals surface area contributed by atoms with Crippen LogP contribution in [0.5, 0.6) is 0 Å². The molecule has 0 saturated carbocycles. The Morgan fingerprint density at radius 3 is 2.64 bits per heavy atom. The number of amides is 1. The van der Waals surface area contributed by atoms with Crippen molar-refractivity contribution >= 4 is 23.2 Å². The van der Waals surface area contributed by atoms with Crippen LogP contribution in [0.3, 0.4) is 0 Å². The Morgan fingerprint density at radius 1 is 1.57 bits per heavy atom. The van der Waals surface area contributed by atoms with Gasteiger partial charge in [-0.25, -0.2) is 9.78 Å². The molecule has 0 aliphatic heterocycles. The third-order valence-electron chi connectivity index (χ3n) is 1.28. The number of hydrogen-bond acceptors (Lipinski definition) is 4. The number of carboxylic acids is 1. The van der Waals surface area contributed by atoms with Gasteiger partial charge in [0, 0.05) is 5.92 Å². The van der Waals surface area contributed by atoms with E-state index in [0.29, 0.717) is 5.69 Å². The summed E-state index contributed by atoms with van der Waals surface area (Å²) >= 11 is 0.918. The lowest BCUT2D eigenvalue weighted by molar-refractivity contribution is -0.112. The first-order valence-electron chi connectivity index (χ1n) is 3.53. The Kier molecular flexibility index (Phi) is 2.84. The number of nitrogens with zero attached hydrogens (tertiary/aromatic N) is 1. The SMILES string of the molecule is Cc1nc(C#CC(N)=O)sc1C(=O)O. The van der Waals surface area contributed by atoms with E-state index in [-0.39, 0.29) is 9.88 Å². The minimum atomic E-state index is -1.05. The summed E-state index contributed by atoms with van der Waals surface area (Å²) in [5, 5.41) is 8.96. The molecule has 0 aliphatic rings. The lowest BCUT2D eigenvalue weighted by Gasteiger charge is -1.84. The smallest absolute Gasteiger partial charge is 0.347 e. The number of hydrogen-bond donors (Lipinski definition) is 2. The van der Waals surface area contributed by atoms with Crippen molar-refractivity contribution in [3.63, 3.8) is 0 Å². The minimum absolute atomic E-state index is 0.124. The van der Waals surface area contributed by atoms with Crippen LogP contribution in [-0.2, 0) is 4.79 Å². The topological polar surface area (TPSA) is 93.3 Å². The molecule has 1 aromatic heterocycles. The Bertz CT molecular complexity index is 453. The zero-order valence-electron chi connectivity index (χ0n) is 7.20. The average molecular weight is 210 g/mol. The number of carbonyl (C=O) groups is 2. The zero-order chi connectivity index (χ0) is 10.7. The van der Waals surface area contributed by atoms with E-state index < -0.39 is 11.9 Å². The van der Waals surface area contributed by atoms with Crippen LogP contribution in [0, 0.1) is 18.8 Å². The van der Waals surface area contributed by atoms with Gasteiger partial charge in [0.1, 0.15) is 4.88 Å².